The van der Waals surface area contributed by atoms with Crippen LogP contribution in [0.1, 0.15) is 16.7 Å². The molecule has 0 bridgehead atoms. The highest BCUT2D eigenvalue weighted by molar-refractivity contribution is 5.96. The summed E-state index contributed by atoms with van der Waals surface area (Å²) in [6.07, 6.45) is -2.70. The molecule has 0 unspecified atom stereocenters. The lowest BCUT2D eigenvalue weighted by Crippen LogP contribution is -2.15. The van der Waals surface area contributed by atoms with E-state index in [1.54, 1.807) is 24.3 Å². The normalized spacial score (nSPS) is 11.5. The molecule has 19 heavy (non-hydrogen) atoms. The molecule has 0 saturated carbocycles. The molecule has 0 fully saturated rings. The molecule has 0 aliphatic rings. The van der Waals surface area contributed by atoms with Gasteiger partial charge in [0.25, 0.3) is 0 Å². The van der Waals surface area contributed by atoms with Gasteiger partial charge in [-0.15, -0.1) is 0 Å². The van der Waals surface area contributed by atoms with E-state index in [1.165, 1.54) is 4.68 Å². The first-order valence-corrected chi connectivity index (χ1v) is 5.40. The van der Waals surface area contributed by atoms with Crippen molar-refractivity contribution in [3.63, 3.8) is 0 Å². The van der Waals surface area contributed by atoms with E-state index in [9.17, 15) is 13.2 Å². The summed E-state index contributed by atoms with van der Waals surface area (Å²) in [5, 5.41) is 11.1. The first kappa shape index (κ1) is 13.1. The molecule has 0 atom stereocenters. The SMILES string of the molecule is N=C(N)c1ccccc1Cn1cc(C(F)(F)F)cn1. The summed E-state index contributed by atoms with van der Waals surface area (Å²) >= 11 is 0. The molecule has 4 nitrogen and oxygen atoms in total. The molecule has 0 aliphatic carbocycles. The summed E-state index contributed by atoms with van der Waals surface area (Å²) < 4.78 is 38.5. The van der Waals surface area contributed by atoms with Crippen molar-refractivity contribution in [3.05, 3.63) is 53.3 Å². The van der Waals surface area contributed by atoms with Crippen LogP contribution < -0.4 is 5.73 Å². The second kappa shape index (κ2) is 4.75. The zero-order valence-electron chi connectivity index (χ0n) is 9.78. The molecule has 0 spiro atoms. The summed E-state index contributed by atoms with van der Waals surface area (Å²) in [7, 11) is 0. The maximum absolute atomic E-state index is 12.4. The van der Waals surface area contributed by atoms with E-state index in [-0.39, 0.29) is 12.4 Å². The van der Waals surface area contributed by atoms with Crippen molar-refractivity contribution in [2.75, 3.05) is 0 Å². The minimum absolute atomic E-state index is 0.126. The molecule has 3 N–H and O–H groups in total. The molecule has 1 aromatic carbocycles. The molecule has 1 aromatic heterocycles. The van der Waals surface area contributed by atoms with Crippen LogP contribution in [0.5, 0.6) is 0 Å². The third-order valence-electron chi connectivity index (χ3n) is 2.60. The maximum Gasteiger partial charge on any atom is 0.419 e. The number of hydrogen-bond acceptors (Lipinski definition) is 2. The first-order chi connectivity index (χ1) is 8.88. The van der Waals surface area contributed by atoms with E-state index in [1.807, 2.05) is 0 Å². The van der Waals surface area contributed by atoms with Crippen LogP contribution in [0, 0.1) is 5.41 Å². The number of amidine groups is 1. The lowest BCUT2D eigenvalue weighted by atomic mass is 10.1. The zero-order chi connectivity index (χ0) is 14.0. The highest BCUT2D eigenvalue weighted by Gasteiger charge is 2.32. The zero-order valence-corrected chi connectivity index (χ0v) is 9.78. The van der Waals surface area contributed by atoms with Crippen molar-refractivity contribution >= 4 is 5.84 Å². The molecule has 1 heterocycles. The molecule has 0 saturated heterocycles. The number of benzene rings is 1. The Kier molecular flexibility index (Phi) is 3.28. The standard InChI is InChI=1S/C12H11F3N4/c13-12(14,15)9-5-18-19(7-9)6-8-3-1-2-4-10(8)11(16)17/h1-5,7H,6H2,(H3,16,17). The van der Waals surface area contributed by atoms with Gasteiger partial charge in [-0.2, -0.15) is 18.3 Å². The second-order valence-corrected chi connectivity index (χ2v) is 4.00. The van der Waals surface area contributed by atoms with Gasteiger partial charge in [-0.25, -0.2) is 0 Å². The topological polar surface area (TPSA) is 67.7 Å². The molecule has 2 aromatic rings. The number of halogens is 3. The fourth-order valence-electron chi connectivity index (χ4n) is 1.69. The third kappa shape index (κ3) is 2.93. The Hall–Kier alpha value is -2.31. The summed E-state index contributed by atoms with van der Waals surface area (Å²) in [4.78, 5) is 0. The van der Waals surface area contributed by atoms with Gasteiger partial charge in [0.15, 0.2) is 0 Å². The Balaban J connectivity index is 2.27. The Morgan fingerprint density at radius 1 is 1.32 bits per heavy atom. The van der Waals surface area contributed by atoms with Gasteiger partial charge in [-0.05, 0) is 5.56 Å². The number of alkyl halides is 3. The van der Waals surface area contributed by atoms with Crippen LogP contribution in [0.4, 0.5) is 13.2 Å². The van der Waals surface area contributed by atoms with E-state index >= 15 is 0 Å². The number of nitrogens with two attached hydrogens (primary N) is 1. The Morgan fingerprint density at radius 3 is 2.58 bits per heavy atom. The summed E-state index contributed by atoms with van der Waals surface area (Å²) in [5.41, 5.74) is 5.76. The molecular weight excluding hydrogens is 257 g/mol. The maximum atomic E-state index is 12.4. The van der Waals surface area contributed by atoms with Gasteiger partial charge in [0.05, 0.1) is 18.3 Å². The highest BCUT2D eigenvalue weighted by Crippen LogP contribution is 2.28. The van der Waals surface area contributed by atoms with Gasteiger partial charge in [-0.3, -0.25) is 10.1 Å². The number of rotatable bonds is 3. The van der Waals surface area contributed by atoms with Gasteiger partial charge in [0, 0.05) is 11.8 Å². The average molecular weight is 268 g/mol. The number of aromatic nitrogens is 2. The van der Waals surface area contributed by atoms with E-state index in [2.05, 4.69) is 5.10 Å². The van der Waals surface area contributed by atoms with Crippen LogP contribution >= 0.6 is 0 Å². The lowest BCUT2D eigenvalue weighted by Gasteiger charge is -2.08. The van der Waals surface area contributed by atoms with Crippen LogP contribution in [0.2, 0.25) is 0 Å². The highest BCUT2D eigenvalue weighted by atomic mass is 19.4. The molecular formula is C12H11F3N4. The van der Waals surface area contributed by atoms with Crippen LogP contribution in [0.3, 0.4) is 0 Å². The number of hydrogen-bond donors (Lipinski definition) is 2. The molecule has 0 amide bonds. The van der Waals surface area contributed by atoms with Gasteiger partial charge in [-0.1, -0.05) is 24.3 Å². The predicted octanol–water partition coefficient (Wildman–Crippen LogP) is 2.23. The Labute approximate surface area is 107 Å². The molecule has 2 rings (SSSR count). The average Bonchev–Trinajstić information content (AvgIpc) is 2.77. The van der Waals surface area contributed by atoms with E-state index < -0.39 is 11.7 Å². The summed E-state index contributed by atoms with van der Waals surface area (Å²) in [6.45, 7) is 0.131. The minimum Gasteiger partial charge on any atom is -0.384 e. The number of nitrogens with zero attached hydrogens (tertiary/aromatic N) is 2. The molecule has 0 aliphatic heterocycles. The summed E-state index contributed by atoms with van der Waals surface area (Å²) in [6, 6.07) is 6.79. The summed E-state index contributed by atoms with van der Waals surface area (Å²) in [5.74, 6) is -0.126. The van der Waals surface area contributed by atoms with Crippen LogP contribution in [0.25, 0.3) is 0 Å². The molecule has 0 radical (unpaired) electrons. The smallest absolute Gasteiger partial charge is 0.384 e. The number of nitrogen functional groups attached to an aromatic ring is 1. The quantitative estimate of drug-likeness (QED) is 0.662. The Bertz CT molecular complexity index is 601. The molecule has 100 valence electrons. The van der Waals surface area contributed by atoms with Crippen molar-refractivity contribution in [2.24, 2.45) is 5.73 Å². The van der Waals surface area contributed by atoms with Crippen molar-refractivity contribution in [3.8, 4) is 0 Å². The Morgan fingerprint density at radius 2 is 2.00 bits per heavy atom. The van der Waals surface area contributed by atoms with Crippen LogP contribution in [-0.4, -0.2) is 15.6 Å². The van der Waals surface area contributed by atoms with E-state index in [0.29, 0.717) is 11.1 Å². The van der Waals surface area contributed by atoms with Crippen molar-refractivity contribution < 1.29 is 13.2 Å². The predicted molar refractivity (Wildman–Crippen MR) is 63.8 cm³/mol. The van der Waals surface area contributed by atoms with Crippen molar-refractivity contribution in [1.29, 1.82) is 5.41 Å². The van der Waals surface area contributed by atoms with E-state index in [0.717, 1.165) is 12.4 Å². The van der Waals surface area contributed by atoms with Gasteiger partial charge < -0.3 is 5.73 Å². The number of nitrogens with one attached hydrogen (secondary N) is 1. The molecule has 7 heteroatoms. The fraction of sp³-hybridized carbons (Fsp3) is 0.167. The van der Waals surface area contributed by atoms with E-state index in [4.69, 9.17) is 11.1 Å². The van der Waals surface area contributed by atoms with Crippen molar-refractivity contribution in [2.45, 2.75) is 12.7 Å². The van der Waals surface area contributed by atoms with Crippen LogP contribution in [-0.2, 0) is 12.7 Å². The largest absolute Gasteiger partial charge is 0.419 e. The van der Waals surface area contributed by atoms with Crippen LogP contribution in [0.15, 0.2) is 36.7 Å². The van der Waals surface area contributed by atoms with Gasteiger partial charge in [0.2, 0.25) is 0 Å². The monoisotopic (exact) mass is 268 g/mol. The van der Waals surface area contributed by atoms with Gasteiger partial charge >= 0.3 is 6.18 Å². The minimum atomic E-state index is -4.40. The fourth-order valence-corrected chi connectivity index (χ4v) is 1.69. The second-order valence-electron chi connectivity index (χ2n) is 4.00. The van der Waals surface area contributed by atoms with Crippen molar-refractivity contribution in [1.82, 2.24) is 9.78 Å². The lowest BCUT2D eigenvalue weighted by molar-refractivity contribution is -0.137. The third-order valence-corrected chi connectivity index (χ3v) is 2.60. The first-order valence-electron chi connectivity index (χ1n) is 5.40. The van der Waals surface area contributed by atoms with Gasteiger partial charge in [0.1, 0.15) is 5.84 Å².